The maximum absolute atomic E-state index is 12.3. The molecule has 2 atom stereocenters. The van der Waals surface area contributed by atoms with Crippen LogP contribution in [0.5, 0.6) is 17.2 Å². The summed E-state index contributed by atoms with van der Waals surface area (Å²) < 4.78 is 15.8. The fraction of sp³-hybridized carbons (Fsp3) is 0.611. The Hall–Kier alpha value is -1.99. The molecule has 7 heteroatoms. The van der Waals surface area contributed by atoms with Gasteiger partial charge >= 0.3 is 0 Å². The first kappa shape index (κ1) is 17.8. The molecule has 1 aromatic rings. The quantitative estimate of drug-likeness (QED) is 0.691. The molecule has 7 nitrogen and oxygen atoms in total. The summed E-state index contributed by atoms with van der Waals surface area (Å²) in [4.78, 5) is 12.3. The molecule has 0 heterocycles. The van der Waals surface area contributed by atoms with Crippen LogP contribution < -0.4 is 24.8 Å². The number of ether oxygens (including phenoxy) is 3. The SMILES string of the molecule is COc1cc(NC(=O)CNC2CC(O)C23CCC3)cc(OC)c1OC. The van der Waals surface area contributed by atoms with E-state index in [2.05, 4.69) is 10.6 Å². The molecule has 3 N–H and O–H groups in total. The van der Waals surface area contributed by atoms with E-state index in [9.17, 15) is 9.90 Å². The van der Waals surface area contributed by atoms with Gasteiger partial charge in [-0.2, -0.15) is 0 Å². The Bertz CT molecular complexity index is 619. The van der Waals surface area contributed by atoms with Crippen molar-refractivity contribution in [2.45, 2.75) is 37.8 Å². The number of rotatable bonds is 7. The van der Waals surface area contributed by atoms with Crippen LogP contribution in [0.2, 0.25) is 0 Å². The smallest absolute Gasteiger partial charge is 0.238 e. The second kappa shape index (κ2) is 7.09. The number of hydrogen-bond acceptors (Lipinski definition) is 6. The lowest BCUT2D eigenvalue weighted by Gasteiger charge is -2.59. The highest BCUT2D eigenvalue weighted by Gasteiger charge is 2.57. The van der Waals surface area contributed by atoms with E-state index in [0.717, 1.165) is 25.7 Å². The van der Waals surface area contributed by atoms with Crippen LogP contribution in [0, 0.1) is 5.41 Å². The summed E-state index contributed by atoms with van der Waals surface area (Å²) in [5.74, 6) is 1.31. The van der Waals surface area contributed by atoms with Crippen LogP contribution in [0.3, 0.4) is 0 Å². The van der Waals surface area contributed by atoms with Gasteiger partial charge in [0.15, 0.2) is 11.5 Å². The van der Waals surface area contributed by atoms with Crippen LogP contribution in [0.1, 0.15) is 25.7 Å². The van der Waals surface area contributed by atoms with E-state index < -0.39 is 0 Å². The molecule has 1 aromatic carbocycles. The summed E-state index contributed by atoms with van der Waals surface area (Å²) in [5, 5.41) is 16.1. The molecule has 2 saturated carbocycles. The molecule has 2 unspecified atom stereocenters. The van der Waals surface area contributed by atoms with Gasteiger partial charge in [-0.25, -0.2) is 0 Å². The predicted octanol–water partition coefficient (Wildman–Crippen LogP) is 1.54. The molecule has 0 aliphatic heterocycles. The highest BCUT2D eigenvalue weighted by atomic mass is 16.5. The summed E-state index contributed by atoms with van der Waals surface area (Å²) in [6, 6.07) is 3.61. The number of carbonyl (C=O) groups is 1. The zero-order valence-corrected chi connectivity index (χ0v) is 14.9. The molecule has 2 aliphatic rings. The number of hydrogen-bond donors (Lipinski definition) is 3. The van der Waals surface area contributed by atoms with Crippen molar-refractivity contribution >= 4 is 11.6 Å². The minimum absolute atomic E-state index is 0.00678. The van der Waals surface area contributed by atoms with Crippen LogP contribution >= 0.6 is 0 Å². The van der Waals surface area contributed by atoms with Crippen molar-refractivity contribution in [1.82, 2.24) is 5.32 Å². The van der Waals surface area contributed by atoms with E-state index in [1.54, 1.807) is 12.1 Å². The van der Waals surface area contributed by atoms with Crippen LogP contribution in [-0.4, -0.2) is 51.0 Å². The molecule has 1 amide bonds. The molecular formula is C18H26N2O5. The van der Waals surface area contributed by atoms with Crippen molar-refractivity contribution in [3.8, 4) is 17.2 Å². The van der Waals surface area contributed by atoms with Gasteiger partial charge in [0.05, 0.1) is 34.0 Å². The number of carbonyl (C=O) groups excluding carboxylic acids is 1. The minimum Gasteiger partial charge on any atom is -0.493 e. The van der Waals surface area contributed by atoms with Crippen LogP contribution in [0.25, 0.3) is 0 Å². The lowest BCUT2D eigenvalue weighted by atomic mass is 9.51. The van der Waals surface area contributed by atoms with Gasteiger partial charge in [0.25, 0.3) is 0 Å². The monoisotopic (exact) mass is 350 g/mol. The number of methoxy groups -OCH3 is 3. The molecule has 25 heavy (non-hydrogen) atoms. The van der Waals surface area contributed by atoms with Crippen molar-refractivity contribution in [2.24, 2.45) is 5.41 Å². The van der Waals surface area contributed by atoms with Gasteiger partial charge in [0.1, 0.15) is 0 Å². The average molecular weight is 350 g/mol. The summed E-state index contributed by atoms with van der Waals surface area (Å²) in [5.41, 5.74) is 0.584. The summed E-state index contributed by atoms with van der Waals surface area (Å²) >= 11 is 0. The fourth-order valence-electron chi connectivity index (χ4n) is 3.89. The van der Waals surface area contributed by atoms with Crippen molar-refractivity contribution < 1.29 is 24.1 Å². The number of nitrogens with one attached hydrogen (secondary N) is 2. The molecule has 1 spiro atoms. The number of aliphatic hydroxyl groups is 1. The van der Waals surface area contributed by atoms with E-state index in [0.29, 0.717) is 22.9 Å². The maximum atomic E-state index is 12.3. The van der Waals surface area contributed by atoms with Crippen molar-refractivity contribution in [3.05, 3.63) is 12.1 Å². The third-order valence-electron chi connectivity index (χ3n) is 5.56. The van der Waals surface area contributed by atoms with Crippen molar-refractivity contribution in [3.63, 3.8) is 0 Å². The molecule has 2 fully saturated rings. The molecule has 138 valence electrons. The van der Waals surface area contributed by atoms with E-state index in [1.165, 1.54) is 21.3 Å². The van der Waals surface area contributed by atoms with Crippen LogP contribution in [0.4, 0.5) is 5.69 Å². The molecule has 0 bridgehead atoms. The molecule has 2 aliphatic carbocycles. The van der Waals surface area contributed by atoms with Gasteiger partial charge in [0.2, 0.25) is 11.7 Å². The van der Waals surface area contributed by atoms with Gasteiger partial charge in [-0.3, -0.25) is 4.79 Å². The highest BCUT2D eigenvalue weighted by Crippen LogP contribution is 2.55. The molecule has 3 rings (SSSR count). The zero-order chi connectivity index (χ0) is 18.0. The van der Waals surface area contributed by atoms with Crippen LogP contribution in [0.15, 0.2) is 12.1 Å². The lowest BCUT2D eigenvalue weighted by Crippen LogP contribution is -2.66. The number of benzene rings is 1. The summed E-state index contributed by atoms with van der Waals surface area (Å²) in [7, 11) is 4.60. The first-order valence-electron chi connectivity index (χ1n) is 8.55. The number of amides is 1. The topological polar surface area (TPSA) is 89.1 Å². The van der Waals surface area contributed by atoms with E-state index in [-0.39, 0.29) is 30.0 Å². The Morgan fingerprint density at radius 1 is 1.20 bits per heavy atom. The van der Waals surface area contributed by atoms with Gasteiger partial charge < -0.3 is 30.0 Å². The Morgan fingerprint density at radius 3 is 2.28 bits per heavy atom. The maximum Gasteiger partial charge on any atom is 0.238 e. The van der Waals surface area contributed by atoms with Gasteiger partial charge in [-0.1, -0.05) is 6.42 Å². The third kappa shape index (κ3) is 3.14. The van der Waals surface area contributed by atoms with Gasteiger partial charge in [0, 0.05) is 29.3 Å². The summed E-state index contributed by atoms with van der Waals surface area (Å²) in [6.45, 7) is 0.204. The van der Waals surface area contributed by atoms with Crippen LogP contribution in [-0.2, 0) is 4.79 Å². The highest BCUT2D eigenvalue weighted by molar-refractivity contribution is 5.93. The first-order valence-corrected chi connectivity index (χ1v) is 8.55. The van der Waals surface area contributed by atoms with Crippen molar-refractivity contribution in [2.75, 3.05) is 33.2 Å². The average Bonchev–Trinajstić information content (AvgIpc) is 2.55. The minimum atomic E-state index is -0.225. The predicted molar refractivity (Wildman–Crippen MR) is 93.4 cm³/mol. The van der Waals surface area contributed by atoms with E-state index >= 15 is 0 Å². The summed E-state index contributed by atoms with van der Waals surface area (Å²) in [6.07, 6.45) is 3.74. The second-order valence-corrected chi connectivity index (χ2v) is 6.73. The van der Waals surface area contributed by atoms with E-state index in [4.69, 9.17) is 14.2 Å². The Morgan fingerprint density at radius 2 is 1.84 bits per heavy atom. The van der Waals surface area contributed by atoms with E-state index in [1.807, 2.05) is 0 Å². The molecule has 0 aromatic heterocycles. The normalized spacial score (nSPS) is 23.4. The fourth-order valence-corrected chi connectivity index (χ4v) is 3.89. The first-order chi connectivity index (χ1) is 12.0. The Balaban J connectivity index is 1.59. The molecule has 0 saturated heterocycles. The number of anilines is 1. The van der Waals surface area contributed by atoms with Gasteiger partial charge in [-0.15, -0.1) is 0 Å². The Labute approximate surface area is 147 Å². The Kier molecular flexibility index (Phi) is 5.06. The number of aliphatic hydroxyl groups excluding tert-OH is 1. The second-order valence-electron chi connectivity index (χ2n) is 6.73. The van der Waals surface area contributed by atoms with Crippen molar-refractivity contribution in [1.29, 1.82) is 0 Å². The largest absolute Gasteiger partial charge is 0.493 e. The van der Waals surface area contributed by atoms with Gasteiger partial charge in [-0.05, 0) is 19.3 Å². The standard InChI is InChI=1S/C18H26N2O5/c1-23-12-7-11(8-13(24-2)17(12)25-3)20-16(22)10-19-14-9-15(21)18(14)5-4-6-18/h7-8,14-15,19,21H,4-6,9-10H2,1-3H3,(H,20,22). The molecule has 0 radical (unpaired) electrons. The zero-order valence-electron chi connectivity index (χ0n) is 14.9. The lowest BCUT2D eigenvalue weighted by molar-refractivity contribution is -0.146. The molecular weight excluding hydrogens is 324 g/mol. The third-order valence-corrected chi connectivity index (χ3v) is 5.56.